The minimum absolute atomic E-state index is 0.0806. The van der Waals surface area contributed by atoms with E-state index >= 15 is 0 Å². The summed E-state index contributed by atoms with van der Waals surface area (Å²) in [4.78, 5) is 0. The standard InChI is InChI=1S/C12H21N3O/c1-10-3-2-5-12(7-10,9-16)13-8-11-4-6-14-15-11/h4,6,10,13,16H,2-3,5,7-9H2,1H3,(H,14,15). The molecule has 1 fully saturated rings. The van der Waals surface area contributed by atoms with Gasteiger partial charge >= 0.3 is 0 Å². The Kier molecular flexibility index (Phi) is 3.61. The van der Waals surface area contributed by atoms with Crippen molar-refractivity contribution in [2.75, 3.05) is 6.61 Å². The molecule has 1 aliphatic rings. The fraction of sp³-hybridized carbons (Fsp3) is 0.750. The first-order chi connectivity index (χ1) is 7.74. The molecule has 90 valence electrons. The van der Waals surface area contributed by atoms with Gasteiger partial charge in [0.05, 0.1) is 6.61 Å². The fourth-order valence-electron chi connectivity index (χ4n) is 2.69. The lowest BCUT2D eigenvalue weighted by Gasteiger charge is -2.39. The van der Waals surface area contributed by atoms with E-state index in [0.29, 0.717) is 5.92 Å². The van der Waals surface area contributed by atoms with Crippen LogP contribution in [0, 0.1) is 5.92 Å². The molecule has 0 amide bonds. The van der Waals surface area contributed by atoms with Gasteiger partial charge in [0.15, 0.2) is 0 Å². The smallest absolute Gasteiger partial charge is 0.0613 e. The van der Waals surface area contributed by atoms with Crippen LogP contribution in [0.3, 0.4) is 0 Å². The maximum atomic E-state index is 9.60. The van der Waals surface area contributed by atoms with Gasteiger partial charge in [-0.1, -0.05) is 19.8 Å². The normalized spacial score (nSPS) is 30.5. The third-order valence-corrected chi connectivity index (χ3v) is 3.61. The van der Waals surface area contributed by atoms with Crippen molar-refractivity contribution in [1.29, 1.82) is 0 Å². The van der Waals surface area contributed by atoms with E-state index in [-0.39, 0.29) is 12.1 Å². The van der Waals surface area contributed by atoms with Gasteiger partial charge in [0.25, 0.3) is 0 Å². The Hall–Kier alpha value is -0.870. The van der Waals surface area contributed by atoms with Crippen LogP contribution in [-0.2, 0) is 6.54 Å². The third kappa shape index (κ3) is 2.62. The van der Waals surface area contributed by atoms with Crippen molar-refractivity contribution < 1.29 is 5.11 Å². The first-order valence-corrected chi connectivity index (χ1v) is 6.08. The summed E-state index contributed by atoms with van der Waals surface area (Å²) < 4.78 is 0. The molecule has 1 saturated carbocycles. The van der Waals surface area contributed by atoms with Crippen LogP contribution >= 0.6 is 0 Å². The molecule has 4 heteroatoms. The molecule has 4 nitrogen and oxygen atoms in total. The van der Waals surface area contributed by atoms with Gasteiger partial charge in [0, 0.05) is 24.0 Å². The number of nitrogens with zero attached hydrogens (tertiary/aromatic N) is 1. The highest BCUT2D eigenvalue weighted by Gasteiger charge is 2.33. The Bertz CT molecular complexity index is 312. The lowest BCUT2D eigenvalue weighted by molar-refractivity contribution is 0.0979. The molecule has 1 aromatic heterocycles. The zero-order valence-electron chi connectivity index (χ0n) is 9.87. The van der Waals surface area contributed by atoms with E-state index in [1.807, 2.05) is 6.07 Å². The number of aromatic nitrogens is 2. The van der Waals surface area contributed by atoms with Crippen LogP contribution in [0.15, 0.2) is 12.3 Å². The Morgan fingerprint density at radius 2 is 2.56 bits per heavy atom. The van der Waals surface area contributed by atoms with Crippen molar-refractivity contribution in [2.24, 2.45) is 5.92 Å². The predicted octanol–water partition coefficient (Wildman–Crippen LogP) is 1.44. The summed E-state index contributed by atoms with van der Waals surface area (Å²) in [5, 5.41) is 20.0. The number of aromatic amines is 1. The van der Waals surface area contributed by atoms with E-state index in [4.69, 9.17) is 0 Å². The molecule has 0 radical (unpaired) electrons. The summed E-state index contributed by atoms with van der Waals surface area (Å²) in [6, 6.07) is 1.96. The molecule has 0 bridgehead atoms. The van der Waals surface area contributed by atoms with Gasteiger partial charge in [-0.3, -0.25) is 5.10 Å². The highest BCUT2D eigenvalue weighted by Crippen LogP contribution is 2.32. The molecule has 2 atom stereocenters. The van der Waals surface area contributed by atoms with E-state index < -0.39 is 0 Å². The molecule has 0 aliphatic heterocycles. The fourth-order valence-corrected chi connectivity index (χ4v) is 2.69. The van der Waals surface area contributed by atoms with Crippen LogP contribution in [0.1, 0.15) is 38.3 Å². The lowest BCUT2D eigenvalue weighted by atomic mass is 9.77. The van der Waals surface area contributed by atoms with E-state index in [2.05, 4.69) is 22.4 Å². The topological polar surface area (TPSA) is 60.9 Å². The molecule has 3 N–H and O–H groups in total. The first kappa shape index (κ1) is 11.6. The summed E-state index contributed by atoms with van der Waals surface area (Å²) >= 11 is 0. The molecule has 16 heavy (non-hydrogen) atoms. The number of aliphatic hydroxyl groups is 1. The summed E-state index contributed by atoms with van der Waals surface area (Å²) in [6.07, 6.45) is 6.39. The summed E-state index contributed by atoms with van der Waals surface area (Å²) in [7, 11) is 0. The van der Waals surface area contributed by atoms with Crippen LogP contribution < -0.4 is 5.32 Å². The molecule has 2 rings (SSSR count). The predicted molar refractivity (Wildman–Crippen MR) is 62.9 cm³/mol. The molecular weight excluding hydrogens is 202 g/mol. The summed E-state index contributed by atoms with van der Waals surface area (Å²) in [5.74, 6) is 0.704. The number of rotatable bonds is 4. The van der Waals surface area contributed by atoms with Gasteiger partial charge in [-0.15, -0.1) is 0 Å². The Morgan fingerprint density at radius 3 is 3.19 bits per heavy atom. The summed E-state index contributed by atoms with van der Waals surface area (Å²) in [6.45, 7) is 3.25. The number of H-pyrrole nitrogens is 1. The maximum Gasteiger partial charge on any atom is 0.0613 e. The van der Waals surface area contributed by atoms with Crippen molar-refractivity contribution in [2.45, 2.75) is 44.7 Å². The largest absolute Gasteiger partial charge is 0.394 e. The van der Waals surface area contributed by atoms with E-state index in [0.717, 1.165) is 25.1 Å². The Labute approximate surface area is 96.5 Å². The molecule has 1 aromatic rings. The highest BCUT2D eigenvalue weighted by molar-refractivity contribution is 5.00. The van der Waals surface area contributed by atoms with Crippen LogP contribution in [0.25, 0.3) is 0 Å². The van der Waals surface area contributed by atoms with Gasteiger partial charge in [-0.05, 0) is 24.8 Å². The van der Waals surface area contributed by atoms with Crippen LogP contribution in [0.2, 0.25) is 0 Å². The number of nitrogens with one attached hydrogen (secondary N) is 2. The average molecular weight is 223 g/mol. The van der Waals surface area contributed by atoms with Crippen molar-refractivity contribution in [3.8, 4) is 0 Å². The van der Waals surface area contributed by atoms with Crippen molar-refractivity contribution in [3.05, 3.63) is 18.0 Å². The zero-order chi connectivity index (χ0) is 11.4. The van der Waals surface area contributed by atoms with Crippen LogP contribution in [-0.4, -0.2) is 27.4 Å². The maximum absolute atomic E-state index is 9.60. The van der Waals surface area contributed by atoms with Gasteiger partial charge < -0.3 is 10.4 Å². The second kappa shape index (κ2) is 4.97. The van der Waals surface area contributed by atoms with Gasteiger partial charge in [-0.2, -0.15) is 5.10 Å². The lowest BCUT2D eigenvalue weighted by Crippen LogP contribution is -2.51. The van der Waals surface area contributed by atoms with Crippen molar-refractivity contribution in [1.82, 2.24) is 15.5 Å². The minimum Gasteiger partial charge on any atom is -0.394 e. The van der Waals surface area contributed by atoms with Gasteiger partial charge in [0.2, 0.25) is 0 Å². The monoisotopic (exact) mass is 223 g/mol. The molecular formula is C12H21N3O. The molecule has 2 unspecified atom stereocenters. The molecule has 1 heterocycles. The average Bonchev–Trinajstić information content (AvgIpc) is 2.79. The van der Waals surface area contributed by atoms with E-state index in [1.165, 1.54) is 12.8 Å². The first-order valence-electron chi connectivity index (χ1n) is 6.08. The van der Waals surface area contributed by atoms with E-state index in [1.54, 1.807) is 6.20 Å². The number of hydrogen-bond acceptors (Lipinski definition) is 3. The second-order valence-corrected chi connectivity index (χ2v) is 5.08. The Balaban J connectivity index is 1.93. The quantitative estimate of drug-likeness (QED) is 0.724. The third-order valence-electron chi connectivity index (χ3n) is 3.61. The highest BCUT2D eigenvalue weighted by atomic mass is 16.3. The van der Waals surface area contributed by atoms with Crippen molar-refractivity contribution in [3.63, 3.8) is 0 Å². The minimum atomic E-state index is -0.0806. The van der Waals surface area contributed by atoms with Crippen LogP contribution in [0.5, 0.6) is 0 Å². The molecule has 0 spiro atoms. The molecule has 0 saturated heterocycles. The van der Waals surface area contributed by atoms with Crippen molar-refractivity contribution >= 4 is 0 Å². The molecule has 0 aromatic carbocycles. The second-order valence-electron chi connectivity index (χ2n) is 5.08. The van der Waals surface area contributed by atoms with Gasteiger partial charge in [0.1, 0.15) is 0 Å². The number of aliphatic hydroxyl groups excluding tert-OH is 1. The summed E-state index contributed by atoms with van der Waals surface area (Å²) in [5.41, 5.74) is 0.994. The zero-order valence-corrected chi connectivity index (χ0v) is 9.87. The van der Waals surface area contributed by atoms with Gasteiger partial charge in [-0.25, -0.2) is 0 Å². The van der Waals surface area contributed by atoms with Crippen LogP contribution in [0.4, 0.5) is 0 Å². The Morgan fingerprint density at radius 1 is 1.69 bits per heavy atom. The van der Waals surface area contributed by atoms with E-state index in [9.17, 15) is 5.11 Å². The molecule has 1 aliphatic carbocycles. The number of hydrogen-bond donors (Lipinski definition) is 3. The SMILES string of the molecule is CC1CCCC(CO)(NCc2ccn[nH]2)C1.